The van der Waals surface area contributed by atoms with E-state index in [9.17, 15) is 0 Å². The summed E-state index contributed by atoms with van der Waals surface area (Å²) in [4.78, 5) is 7.82. The second-order valence-electron chi connectivity index (χ2n) is 4.60. The molecule has 19 heavy (non-hydrogen) atoms. The summed E-state index contributed by atoms with van der Waals surface area (Å²) in [6.07, 6.45) is 1.85. The molecule has 0 amide bonds. The van der Waals surface area contributed by atoms with Gasteiger partial charge >= 0.3 is 0 Å². The molecule has 5 heteroatoms. The van der Waals surface area contributed by atoms with Crippen LogP contribution < -0.4 is 14.8 Å². The number of aromatic nitrogens is 2. The largest absolute Gasteiger partial charge is 0.497 e. The minimum Gasteiger partial charge on any atom is -0.497 e. The Morgan fingerprint density at radius 3 is 2.68 bits per heavy atom. The van der Waals surface area contributed by atoms with Crippen LogP contribution in [-0.4, -0.2) is 37.3 Å². The van der Waals surface area contributed by atoms with Crippen LogP contribution in [0.15, 0.2) is 24.4 Å². The minimum atomic E-state index is 0.491. The predicted molar refractivity (Wildman–Crippen MR) is 72.7 cm³/mol. The molecule has 5 nitrogen and oxygen atoms in total. The monoisotopic (exact) mass is 259 g/mol. The van der Waals surface area contributed by atoms with Crippen molar-refractivity contribution in [3.8, 4) is 22.8 Å². The van der Waals surface area contributed by atoms with Crippen molar-refractivity contribution < 1.29 is 9.47 Å². The summed E-state index contributed by atoms with van der Waals surface area (Å²) in [6.45, 7) is 1.98. The first-order valence-electron chi connectivity index (χ1n) is 6.30. The number of ether oxygens (including phenoxy) is 2. The molecule has 1 aromatic heterocycles. The van der Waals surface area contributed by atoms with Gasteiger partial charge in [0, 0.05) is 24.6 Å². The van der Waals surface area contributed by atoms with E-state index in [0.717, 1.165) is 41.7 Å². The van der Waals surface area contributed by atoms with E-state index in [1.54, 1.807) is 14.2 Å². The molecule has 1 aromatic carbocycles. The summed E-state index contributed by atoms with van der Waals surface area (Å²) in [7, 11) is 3.32. The zero-order valence-electron chi connectivity index (χ0n) is 11.1. The fraction of sp³-hybridized carbons (Fsp3) is 0.357. The lowest BCUT2D eigenvalue weighted by molar-refractivity contribution is 0.404. The summed E-state index contributed by atoms with van der Waals surface area (Å²) in [5, 5.41) is 3.24. The number of aromatic amines is 1. The number of H-pyrrole nitrogens is 1. The molecular weight excluding hydrogens is 242 g/mol. The Balaban J connectivity index is 1.97. The fourth-order valence-electron chi connectivity index (χ4n) is 2.19. The summed E-state index contributed by atoms with van der Waals surface area (Å²) >= 11 is 0. The maximum Gasteiger partial charge on any atom is 0.128 e. The quantitative estimate of drug-likeness (QED) is 0.878. The van der Waals surface area contributed by atoms with E-state index in [1.807, 2.05) is 24.4 Å². The standard InChI is InChI=1S/C14H17N3O2/c1-18-10-3-4-13(19-2)11(5-10)12-8-16-14(17-12)9-6-15-7-9/h3-5,8-9,15H,6-7H2,1-2H3,(H,16,17). The average Bonchev–Trinajstić information content (AvgIpc) is 2.85. The molecule has 0 spiro atoms. The Bertz CT molecular complexity index is 576. The number of methoxy groups -OCH3 is 2. The molecule has 0 saturated carbocycles. The number of hydrogen-bond donors (Lipinski definition) is 2. The molecule has 2 N–H and O–H groups in total. The first kappa shape index (κ1) is 12.0. The molecule has 0 bridgehead atoms. The van der Waals surface area contributed by atoms with Crippen LogP contribution in [-0.2, 0) is 0 Å². The van der Waals surface area contributed by atoms with Crippen molar-refractivity contribution in [2.75, 3.05) is 27.3 Å². The van der Waals surface area contributed by atoms with Gasteiger partial charge in [0.2, 0.25) is 0 Å². The van der Waals surface area contributed by atoms with Crippen LogP contribution in [0.2, 0.25) is 0 Å². The molecule has 3 rings (SSSR count). The molecule has 0 aliphatic carbocycles. The van der Waals surface area contributed by atoms with Crippen LogP contribution in [0.3, 0.4) is 0 Å². The molecule has 1 aliphatic rings. The van der Waals surface area contributed by atoms with Crippen molar-refractivity contribution >= 4 is 0 Å². The third kappa shape index (κ3) is 2.17. The van der Waals surface area contributed by atoms with Gasteiger partial charge < -0.3 is 19.8 Å². The van der Waals surface area contributed by atoms with Gasteiger partial charge in [-0.3, -0.25) is 0 Å². The Hall–Kier alpha value is -2.01. The van der Waals surface area contributed by atoms with Crippen molar-refractivity contribution in [1.29, 1.82) is 0 Å². The highest BCUT2D eigenvalue weighted by atomic mass is 16.5. The SMILES string of the molecule is COc1ccc(OC)c(-c2cnc(C3CNC3)[nH]2)c1. The molecule has 2 aromatic rings. The molecule has 1 fully saturated rings. The summed E-state index contributed by atoms with van der Waals surface area (Å²) < 4.78 is 10.7. The second-order valence-corrected chi connectivity index (χ2v) is 4.60. The lowest BCUT2D eigenvalue weighted by Gasteiger charge is -2.24. The van der Waals surface area contributed by atoms with Crippen LogP contribution in [0.4, 0.5) is 0 Å². The predicted octanol–water partition coefficient (Wildman–Crippen LogP) is 1.78. The first-order chi connectivity index (χ1) is 9.31. The van der Waals surface area contributed by atoms with Gasteiger partial charge in [0.25, 0.3) is 0 Å². The fourth-order valence-corrected chi connectivity index (χ4v) is 2.19. The van der Waals surface area contributed by atoms with E-state index in [0.29, 0.717) is 5.92 Å². The summed E-state index contributed by atoms with van der Waals surface area (Å²) in [5.74, 6) is 3.13. The van der Waals surface area contributed by atoms with E-state index in [-0.39, 0.29) is 0 Å². The smallest absolute Gasteiger partial charge is 0.128 e. The molecule has 100 valence electrons. The lowest BCUT2D eigenvalue weighted by Crippen LogP contribution is -2.40. The Labute approximate surface area is 112 Å². The van der Waals surface area contributed by atoms with Crippen molar-refractivity contribution in [1.82, 2.24) is 15.3 Å². The number of imidazole rings is 1. The molecule has 1 saturated heterocycles. The highest BCUT2D eigenvalue weighted by molar-refractivity contribution is 5.68. The average molecular weight is 259 g/mol. The highest BCUT2D eigenvalue weighted by Gasteiger charge is 2.22. The zero-order chi connectivity index (χ0) is 13.2. The number of benzene rings is 1. The number of rotatable bonds is 4. The van der Waals surface area contributed by atoms with E-state index in [1.165, 1.54) is 0 Å². The van der Waals surface area contributed by atoms with Gasteiger partial charge in [-0.1, -0.05) is 0 Å². The lowest BCUT2D eigenvalue weighted by atomic mass is 10.0. The molecule has 1 aliphatic heterocycles. The normalized spacial score (nSPS) is 15.1. The van der Waals surface area contributed by atoms with Gasteiger partial charge in [-0.15, -0.1) is 0 Å². The van der Waals surface area contributed by atoms with Gasteiger partial charge in [0.05, 0.1) is 26.1 Å². The second kappa shape index (κ2) is 4.93. The van der Waals surface area contributed by atoms with Crippen LogP contribution in [0.25, 0.3) is 11.3 Å². The van der Waals surface area contributed by atoms with Gasteiger partial charge in [0.15, 0.2) is 0 Å². The van der Waals surface area contributed by atoms with Gasteiger partial charge in [-0.05, 0) is 18.2 Å². The first-order valence-corrected chi connectivity index (χ1v) is 6.30. The number of nitrogens with one attached hydrogen (secondary N) is 2. The van der Waals surface area contributed by atoms with Crippen LogP contribution in [0.1, 0.15) is 11.7 Å². The maximum absolute atomic E-state index is 5.39. The van der Waals surface area contributed by atoms with Crippen molar-refractivity contribution in [3.63, 3.8) is 0 Å². The zero-order valence-corrected chi connectivity index (χ0v) is 11.1. The molecule has 0 atom stereocenters. The third-order valence-corrected chi connectivity index (χ3v) is 3.46. The van der Waals surface area contributed by atoms with Crippen LogP contribution in [0.5, 0.6) is 11.5 Å². The van der Waals surface area contributed by atoms with Crippen molar-refractivity contribution in [3.05, 3.63) is 30.2 Å². The Kier molecular flexibility index (Phi) is 3.13. The van der Waals surface area contributed by atoms with Crippen LogP contribution in [0, 0.1) is 0 Å². The van der Waals surface area contributed by atoms with Gasteiger partial charge in [-0.2, -0.15) is 0 Å². The molecule has 0 unspecified atom stereocenters. The Morgan fingerprint density at radius 2 is 2.05 bits per heavy atom. The maximum atomic E-state index is 5.39. The number of hydrogen-bond acceptors (Lipinski definition) is 4. The molecule has 0 radical (unpaired) electrons. The Morgan fingerprint density at radius 1 is 1.21 bits per heavy atom. The van der Waals surface area contributed by atoms with Crippen molar-refractivity contribution in [2.45, 2.75) is 5.92 Å². The topological polar surface area (TPSA) is 59.2 Å². The van der Waals surface area contributed by atoms with Crippen molar-refractivity contribution in [2.24, 2.45) is 0 Å². The van der Waals surface area contributed by atoms with Gasteiger partial charge in [0.1, 0.15) is 17.3 Å². The van der Waals surface area contributed by atoms with E-state index < -0.39 is 0 Å². The van der Waals surface area contributed by atoms with E-state index in [2.05, 4.69) is 15.3 Å². The molecular formula is C14H17N3O2. The minimum absolute atomic E-state index is 0.491. The van der Waals surface area contributed by atoms with E-state index >= 15 is 0 Å². The van der Waals surface area contributed by atoms with E-state index in [4.69, 9.17) is 9.47 Å². The summed E-state index contributed by atoms with van der Waals surface area (Å²) in [6, 6.07) is 5.74. The number of nitrogens with zero attached hydrogens (tertiary/aromatic N) is 1. The highest BCUT2D eigenvalue weighted by Crippen LogP contribution is 2.33. The summed E-state index contributed by atoms with van der Waals surface area (Å²) in [5.41, 5.74) is 1.92. The molecule has 2 heterocycles. The third-order valence-electron chi connectivity index (χ3n) is 3.46. The van der Waals surface area contributed by atoms with Gasteiger partial charge in [-0.25, -0.2) is 4.98 Å². The van der Waals surface area contributed by atoms with Crippen LogP contribution >= 0.6 is 0 Å².